The van der Waals surface area contributed by atoms with E-state index in [1.54, 1.807) is 12.1 Å². The molecule has 0 saturated heterocycles. The maximum atomic E-state index is 12.8. The van der Waals surface area contributed by atoms with Gasteiger partial charge in [0.25, 0.3) is 0 Å². The third kappa shape index (κ3) is 3.04. The summed E-state index contributed by atoms with van der Waals surface area (Å²) in [6.45, 7) is 0.487. The molecule has 0 heterocycles. The highest BCUT2D eigenvalue weighted by atomic mass is 19.1. The maximum absolute atomic E-state index is 12.8. The Labute approximate surface area is 100 Å². The molecule has 0 aliphatic rings. The number of nitrogens with one attached hydrogen (secondary N) is 1. The number of benzene rings is 2. The molecule has 3 N–H and O–H groups in total. The molecule has 2 aromatic carbocycles. The van der Waals surface area contributed by atoms with Crippen LogP contribution in [0.1, 0.15) is 11.6 Å². The number of hydrogen-bond acceptors (Lipinski definition) is 2. The van der Waals surface area contributed by atoms with Gasteiger partial charge in [-0.05, 0) is 29.8 Å². The molecule has 17 heavy (non-hydrogen) atoms. The minimum atomic E-state index is -0.237. The van der Waals surface area contributed by atoms with Crippen molar-refractivity contribution in [2.45, 2.75) is 6.04 Å². The average Bonchev–Trinajstić information content (AvgIpc) is 2.39. The average molecular weight is 230 g/mol. The third-order valence-electron chi connectivity index (χ3n) is 2.62. The monoisotopic (exact) mass is 230 g/mol. The van der Waals surface area contributed by atoms with Gasteiger partial charge in [-0.15, -0.1) is 0 Å². The van der Waals surface area contributed by atoms with Crippen molar-refractivity contribution in [3.63, 3.8) is 0 Å². The predicted octanol–water partition coefficient (Wildman–Crippen LogP) is 2.94. The highest BCUT2D eigenvalue weighted by Crippen LogP contribution is 2.18. The van der Waals surface area contributed by atoms with Gasteiger partial charge < -0.3 is 11.1 Å². The van der Waals surface area contributed by atoms with Gasteiger partial charge in [0.15, 0.2) is 0 Å². The summed E-state index contributed by atoms with van der Waals surface area (Å²) < 4.78 is 12.8. The summed E-state index contributed by atoms with van der Waals surface area (Å²) in [5.41, 5.74) is 7.74. The molecule has 0 aliphatic heterocycles. The van der Waals surface area contributed by atoms with Crippen molar-refractivity contribution in [2.75, 3.05) is 11.9 Å². The summed E-state index contributed by atoms with van der Waals surface area (Å²) in [7, 11) is 0. The van der Waals surface area contributed by atoms with Crippen molar-refractivity contribution < 1.29 is 4.39 Å². The van der Waals surface area contributed by atoms with E-state index < -0.39 is 0 Å². The second-order valence-corrected chi connectivity index (χ2v) is 3.85. The van der Waals surface area contributed by atoms with Crippen molar-refractivity contribution in [3.8, 4) is 0 Å². The van der Waals surface area contributed by atoms with Crippen LogP contribution in [-0.2, 0) is 0 Å². The van der Waals surface area contributed by atoms with Crippen molar-refractivity contribution in [1.29, 1.82) is 0 Å². The van der Waals surface area contributed by atoms with E-state index in [1.165, 1.54) is 12.1 Å². The molecule has 2 rings (SSSR count). The predicted molar refractivity (Wildman–Crippen MR) is 68.3 cm³/mol. The molecule has 0 saturated carbocycles. The third-order valence-corrected chi connectivity index (χ3v) is 2.62. The first kappa shape index (κ1) is 11.6. The van der Waals surface area contributed by atoms with Gasteiger partial charge in [-0.2, -0.15) is 0 Å². The molecule has 0 fully saturated rings. The Morgan fingerprint density at radius 2 is 1.65 bits per heavy atom. The maximum Gasteiger partial charge on any atom is 0.123 e. The van der Waals surface area contributed by atoms with Crippen molar-refractivity contribution in [3.05, 3.63) is 66.0 Å². The number of nitrogens with two attached hydrogens (primary N) is 1. The summed E-state index contributed by atoms with van der Waals surface area (Å²) in [6, 6.07) is 16.3. The van der Waals surface area contributed by atoms with Crippen LogP contribution in [0.25, 0.3) is 0 Å². The Kier molecular flexibility index (Phi) is 3.73. The van der Waals surface area contributed by atoms with Crippen LogP contribution in [0.5, 0.6) is 0 Å². The van der Waals surface area contributed by atoms with Gasteiger partial charge in [-0.3, -0.25) is 0 Å². The van der Waals surface area contributed by atoms with Crippen molar-refractivity contribution in [1.82, 2.24) is 0 Å². The number of hydrogen-bond donors (Lipinski definition) is 2. The topological polar surface area (TPSA) is 38.0 Å². The van der Waals surface area contributed by atoms with E-state index in [-0.39, 0.29) is 11.9 Å². The van der Waals surface area contributed by atoms with Gasteiger partial charge in [0.1, 0.15) is 5.82 Å². The summed E-state index contributed by atoms with van der Waals surface area (Å²) in [5.74, 6) is -0.237. The first-order chi connectivity index (χ1) is 8.29. The lowest BCUT2D eigenvalue weighted by Crippen LogP contribution is -2.20. The Bertz CT molecular complexity index is 453. The highest BCUT2D eigenvalue weighted by Gasteiger charge is 2.08. The molecule has 2 aromatic rings. The van der Waals surface area contributed by atoms with Crippen LogP contribution < -0.4 is 11.1 Å². The van der Waals surface area contributed by atoms with Crippen LogP contribution >= 0.6 is 0 Å². The minimum absolute atomic E-state index is 0.0432. The van der Waals surface area contributed by atoms with E-state index in [9.17, 15) is 4.39 Å². The molecule has 2 nitrogen and oxygen atoms in total. The Morgan fingerprint density at radius 3 is 2.24 bits per heavy atom. The lowest BCUT2D eigenvalue weighted by atomic mass is 10.1. The Morgan fingerprint density at radius 1 is 1.00 bits per heavy atom. The van der Waals surface area contributed by atoms with Gasteiger partial charge in [0.2, 0.25) is 0 Å². The quantitative estimate of drug-likeness (QED) is 0.847. The Balaban J connectivity index is 2.13. The van der Waals surface area contributed by atoms with Crippen LogP contribution in [0.15, 0.2) is 54.6 Å². The van der Waals surface area contributed by atoms with E-state index in [0.717, 1.165) is 11.3 Å². The van der Waals surface area contributed by atoms with E-state index in [4.69, 9.17) is 5.73 Å². The fourth-order valence-corrected chi connectivity index (χ4v) is 1.71. The van der Waals surface area contributed by atoms with Gasteiger partial charge in [0, 0.05) is 12.2 Å². The molecule has 0 aromatic heterocycles. The first-order valence-corrected chi connectivity index (χ1v) is 5.56. The zero-order chi connectivity index (χ0) is 12.1. The fourth-order valence-electron chi connectivity index (χ4n) is 1.71. The van der Waals surface area contributed by atoms with E-state index in [1.807, 2.05) is 30.3 Å². The molecule has 0 amide bonds. The van der Waals surface area contributed by atoms with Crippen molar-refractivity contribution in [2.24, 2.45) is 5.73 Å². The molecular formula is C14H15FN2. The zero-order valence-corrected chi connectivity index (χ0v) is 9.44. The molecular weight excluding hydrogens is 215 g/mol. The first-order valence-electron chi connectivity index (χ1n) is 5.56. The summed E-state index contributed by atoms with van der Waals surface area (Å²) >= 11 is 0. The summed E-state index contributed by atoms with van der Waals surface area (Å²) in [5, 5.41) is 3.28. The molecule has 1 unspecified atom stereocenters. The zero-order valence-electron chi connectivity index (χ0n) is 9.44. The number of rotatable bonds is 4. The normalized spacial score (nSPS) is 12.1. The van der Waals surface area contributed by atoms with Crippen molar-refractivity contribution >= 4 is 5.69 Å². The second kappa shape index (κ2) is 5.46. The molecule has 0 bridgehead atoms. The van der Waals surface area contributed by atoms with Gasteiger partial charge in [-0.1, -0.05) is 30.3 Å². The highest BCUT2D eigenvalue weighted by molar-refractivity contribution is 5.45. The lowest BCUT2D eigenvalue weighted by Gasteiger charge is -2.18. The largest absolute Gasteiger partial charge is 0.377 e. The second-order valence-electron chi connectivity index (χ2n) is 3.85. The number of halogens is 1. The molecule has 3 heteroatoms. The molecule has 1 atom stereocenters. The van der Waals surface area contributed by atoms with Crippen LogP contribution in [0.4, 0.5) is 10.1 Å². The van der Waals surface area contributed by atoms with Gasteiger partial charge in [0.05, 0.1) is 6.04 Å². The van der Waals surface area contributed by atoms with Crippen LogP contribution in [0.3, 0.4) is 0 Å². The van der Waals surface area contributed by atoms with Gasteiger partial charge in [-0.25, -0.2) is 4.39 Å². The van der Waals surface area contributed by atoms with Gasteiger partial charge >= 0.3 is 0 Å². The SMILES string of the molecule is NCC(Nc1ccc(F)cc1)c1ccccc1. The molecule has 0 spiro atoms. The smallest absolute Gasteiger partial charge is 0.123 e. The van der Waals surface area contributed by atoms with E-state index in [2.05, 4.69) is 5.32 Å². The lowest BCUT2D eigenvalue weighted by molar-refractivity contribution is 0.628. The van der Waals surface area contributed by atoms with Crippen LogP contribution in [0.2, 0.25) is 0 Å². The Hall–Kier alpha value is -1.87. The van der Waals surface area contributed by atoms with Crippen LogP contribution in [0, 0.1) is 5.82 Å². The molecule has 0 aliphatic carbocycles. The summed E-state index contributed by atoms with van der Waals surface area (Å²) in [4.78, 5) is 0. The standard InChI is InChI=1S/C14H15FN2/c15-12-6-8-13(9-7-12)17-14(10-16)11-4-2-1-3-5-11/h1-9,14,17H,10,16H2. The summed E-state index contributed by atoms with van der Waals surface area (Å²) in [6.07, 6.45) is 0. The molecule has 0 radical (unpaired) electrons. The van der Waals surface area contributed by atoms with E-state index >= 15 is 0 Å². The molecule has 88 valence electrons. The fraction of sp³-hybridized carbons (Fsp3) is 0.143. The van der Waals surface area contributed by atoms with E-state index in [0.29, 0.717) is 6.54 Å². The number of anilines is 1. The van der Waals surface area contributed by atoms with Crippen LogP contribution in [-0.4, -0.2) is 6.54 Å². The minimum Gasteiger partial charge on any atom is -0.377 e.